The first-order valence-electron chi connectivity index (χ1n) is 4.87. The van der Waals surface area contributed by atoms with Gasteiger partial charge in [-0.15, -0.1) is 11.3 Å². The number of fused-ring (bicyclic) bond motifs is 1. The minimum absolute atomic E-state index is 0.945. The molecule has 2 aromatic heterocycles. The van der Waals surface area contributed by atoms with Crippen LogP contribution in [0.25, 0.3) is 10.2 Å². The summed E-state index contributed by atoms with van der Waals surface area (Å²) >= 11 is 1.69. The van der Waals surface area contributed by atoms with Crippen LogP contribution in [0.15, 0.2) is 17.8 Å². The lowest BCUT2D eigenvalue weighted by atomic mass is 10.4. The Bertz CT molecular complexity index is 440. The summed E-state index contributed by atoms with van der Waals surface area (Å²) in [6.07, 6.45) is 1.63. The molecule has 0 aliphatic rings. The molecule has 0 amide bonds. The highest BCUT2D eigenvalue weighted by Crippen LogP contribution is 2.26. The lowest BCUT2D eigenvalue weighted by Crippen LogP contribution is -2.27. The molecular formula is C10H14N4S. The van der Waals surface area contributed by atoms with E-state index in [1.54, 1.807) is 17.7 Å². The number of aromatic nitrogens is 2. The van der Waals surface area contributed by atoms with E-state index in [2.05, 4.69) is 32.6 Å². The molecule has 0 radical (unpaired) electrons. The Morgan fingerprint density at radius 2 is 2.33 bits per heavy atom. The van der Waals surface area contributed by atoms with Crippen molar-refractivity contribution in [2.75, 3.05) is 32.1 Å². The first kappa shape index (κ1) is 10.3. The minimum Gasteiger partial charge on any atom is -0.357 e. The largest absolute Gasteiger partial charge is 0.357 e. The van der Waals surface area contributed by atoms with Crippen LogP contribution in [0.1, 0.15) is 0 Å². The number of anilines is 1. The summed E-state index contributed by atoms with van der Waals surface area (Å²) in [5.74, 6) is 1.02. The molecule has 0 bridgehead atoms. The van der Waals surface area contributed by atoms with E-state index in [1.807, 2.05) is 13.1 Å². The maximum absolute atomic E-state index is 4.33. The first-order valence-corrected chi connectivity index (χ1v) is 5.75. The molecule has 4 nitrogen and oxygen atoms in total. The van der Waals surface area contributed by atoms with Crippen molar-refractivity contribution >= 4 is 27.4 Å². The Morgan fingerprint density at radius 3 is 3.13 bits per heavy atom. The molecule has 0 aliphatic heterocycles. The maximum atomic E-state index is 4.33. The molecule has 0 aliphatic carbocycles. The van der Waals surface area contributed by atoms with Crippen molar-refractivity contribution in [2.45, 2.75) is 0 Å². The van der Waals surface area contributed by atoms with Crippen LogP contribution in [0, 0.1) is 0 Å². The zero-order chi connectivity index (χ0) is 10.7. The van der Waals surface area contributed by atoms with E-state index in [9.17, 15) is 0 Å². The lowest BCUT2D eigenvalue weighted by molar-refractivity contribution is 0.763. The van der Waals surface area contributed by atoms with E-state index < -0.39 is 0 Å². The average Bonchev–Trinajstić information content (AvgIpc) is 2.73. The predicted octanol–water partition coefficient (Wildman–Crippen LogP) is 1.35. The number of likely N-dealkylation sites (N-methyl/N-ethyl adjacent to an activating group) is 2. The number of hydrogen-bond acceptors (Lipinski definition) is 5. The third-order valence-corrected chi connectivity index (χ3v) is 3.18. The van der Waals surface area contributed by atoms with Gasteiger partial charge in [-0.05, 0) is 18.5 Å². The van der Waals surface area contributed by atoms with Crippen molar-refractivity contribution in [3.05, 3.63) is 17.8 Å². The van der Waals surface area contributed by atoms with Crippen molar-refractivity contribution in [1.29, 1.82) is 0 Å². The summed E-state index contributed by atoms with van der Waals surface area (Å²) in [5, 5.41) is 5.18. The fraction of sp³-hybridized carbons (Fsp3) is 0.400. The van der Waals surface area contributed by atoms with Crippen molar-refractivity contribution in [3.8, 4) is 0 Å². The first-order chi connectivity index (χ1) is 7.33. The highest BCUT2D eigenvalue weighted by Gasteiger charge is 2.08. The second kappa shape index (κ2) is 4.55. The van der Waals surface area contributed by atoms with Crippen LogP contribution in [-0.4, -0.2) is 37.2 Å². The molecule has 0 fully saturated rings. The molecule has 15 heavy (non-hydrogen) atoms. The van der Waals surface area contributed by atoms with Crippen LogP contribution in [0.5, 0.6) is 0 Å². The predicted molar refractivity (Wildman–Crippen MR) is 64.6 cm³/mol. The molecule has 2 aromatic rings. The minimum atomic E-state index is 0.945. The highest BCUT2D eigenvalue weighted by molar-refractivity contribution is 7.17. The van der Waals surface area contributed by atoms with Gasteiger partial charge in [-0.3, -0.25) is 0 Å². The Hall–Kier alpha value is -1.20. The third-order valence-electron chi connectivity index (χ3n) is 2.28. The molecular weight excluding hydrogens is 208 g/mol. The topological polar surface area (TPSA) is 41.0 Å². The van der Waals surface area contributed by atoms with Gasteiger partial charge in [0.1, 0.15) is 12.1 Å². The molecule has 0 atom stereocenters. The highest BCUT2D eigenvalue weighted by atomic mass is 32.1. The van der Waals surface area contributed by atoms with Gasteiger partial charge in [0, 0.05) is 20.1 Å². The Labute approximate surface area is 93.0 Å². The Morgan fingerprint density at radius 1 is 1.47 bits per heavy atom. The van der Waals surface area contributed by atoms with Gasteiger partial charge in [0.25, 0.3) is 0 Å². The molecule has 2 heterocycles. The van der Waals surface area contributed by atoms with Crippen LogP contribution in [0.4, 0.5) is 5.82 Å². The van der Waals surface area contributed by atoms with Gasteiger partial charge in [0.2, 0.25) is 0 Å². The number of rotatable bonds is 4. The van der Waals surface area contributed by atoms with Gasteiger partial charge in [-0.2, -0.15) is 0 Å². The van der Waals surface area contributed by atoms with Gasteiger partial charge in [-0.25, -0.2) is 9.97 Å². The number of nitrogens with zero attached hydrogens (tertiary/aromatic N) is 3. The molecule has 5 heteroatoms. The van der Waals surface area contributed by atoms with E-state index in [-0.39, 0.29) is 0 Å². The summed E-state index contributed by atoms with van der Waals surface area (Å²) in [6.45, 7) is 1.90. The van der Waals surface area contributed by atoms with Gasteiger partial charge < -0.3 is 10.2 Å². The van der Waals surface area contributed by atoms with E-state index in [0.717, 1.165) is 29.1 Å². The van der Waals surface area contributed by atoms with Gasteiger partial charge >= 0.3 is 0 Å². The van der Waals surface area contributed by atoms with Crippen LogP contribution in [0.2, 0.25) is 0 Å². The smallest absolute Gasteiger partial charge is 0.149 e. The van der Waals surface area contributed by atoms with Gasteiger partial charge in [-0.1, -0.05) is 0 Å². The quantitative estimate of drug-likeness (QED) is 0.847. The third kappa shape index (κ3) is 2.08. The number of nitrogens with one attached hydrogen (secondary N) is 1. The lowest BCUT2D eigenvalue weighted by Gasteiger charge is -2.17. The zero-order valence-corrected chi connectivity index (χ0v) is 9.71. The normalized spacial score (nSPS) is 10.8. The summed E-state index contributed by atoms with van der Waals surface area (Å²) in [6, 6.07) is 2.02. The van der Waals surface area contributed by atoms with E-state index >= 15 is 0 Å². The van der Waals surface area contributed by atoms with Crippen molar-refractivity contribution < 1.29 is 0 Å². The van der Waals surface area contributed by atoms with Crippen molar-refractivity contribution in [3.63, 3.8) is 0 Å². The second-order valence-electron chi connectivity index (χ2n) is 3.36. The second-order valence-corrected chi connectivity index (χ2v) is 4.27. The molecule has 1 N–H and O–H groups in total. The molecule has 0 aromatic carbocycles. The maximum Gasteiger partial charge on any atom is 0.149 e. The molecule has 0 unspecified atom stereocenters. The Kier molecular flexibility index (Phi) is 3.13. The monoisotopic (exact) mass is 222 g/mol. The molecule has 0 saturated heterocycles. The molecule has 80 valence electrons. The average molecular weight is 222 g/mol. The van der Waals surface area contributed by atoms with Gasteiger partial charge in [0.15, 0.2) is 0 Å². The molecule has 0 spiro atoms. The van der Waals surface area contributed by atoms with Crippen LogP contribution < -0.4 is 10.2 Å². The van der Waals surface area contributed by atoms with Crippen LogP contribution >= 0.6 is 11.3 Å². The van der Waals surface area contributed by atoms with Gasteiger partial charge in [0.05, 0.1) is 10.2 Å². The summed E-state index contributed by atoms with van der Waals surface area (Å²) in [7, 11) is 4.01. The summed E-state index contributed by atoms with van der Waals surface area (Å²) < 4.78 is 1.16. The van der Waals surface area contributed by atoms with E-state index in [0.29, 0.717) is 0 Å². The molecule has 0 saturated carbocycles. The fourth-order valence-electron chi connectivity index (χ4n) is 1.43. The zero-order valence-electron chi connectivity index (χ0n) is 8.90. The number of thiophene rings is 1. The van der Waals surface area contributed by atoms with E-state index in [4.69, 9.17) is 0 Å². The van der Waals surface area contributed by atoms with Crippen LogP contribution in [-0.2, 0) is 0 Å². The summed E-state index contributed by atoms with van der Waals surface area (Å²) in [4.78, 5) is 10.7. The standard InChI is InChI=1S/C10H14N4S/c1-11-4-5-14(2)10-9-8(3-6-15-9)12-7-13-10/h3,6-7,11H,4-5H2,1-2H3. The SMILES string of the molecule is CNCCN(C)c1ncnc2ccsc12. The summed E-state index contributed by atoms with van der Waals surface area (Å²) in [5.41, 5.74) is 1.03. The Balaban J connectivity index is 2.29. The van der Waals surface area contributed by atoms with Crippen molar-refractivity contribution in [2.24, 2.45) is 0 Å². The van der Waals surface area contributed by atoms with Crippen LogP contribution in [0.3, 0.4) is 0 Å². The molecule has 2 rings (SSSR count). The number of hydrogen-bond donors (Lipinski definition) is 1. The van der Waals surface area contributed by atoms with Crippen molar-refractivity contribution in [1.82, 2.24) is 15.3 Å². The van der Waals surface area contributed by atoms with E-state index in [1.165, 1.54) is 0 Å². The fourth-order valence-corrected chi connectivity index (χ4v) is 2.32.